The number of imide groups is 1. The summed E-state index contributed by atoms with van der Waals surface area (Å²) in [6.45, 7) is 3.75. The van der Waals surface area contributed by atoms with Crippen molar-refractivity contribution in [1.29, 1.82) is 0 Å². The van der Waals surface area contributed by atoms with Crippen molar-refractivity contribution in [2.24, 2.45) is 17.8 Å². The van der Waals surface area contributed by atoms with Gasteiger partial charge in [0, 0.05) is 24.5 Å². The SMILES string of the molecule is O=C(O)CCCC[C@H]1SC(OCCOCCOCCOCCn2nnc3c2CCC2C(CC3)C2COC(=O)ON2C(=O)CCC2=O)[C@@H]2NC(=O)N[C@H]12. The number of rotatable bonds is 21. The highest BCUT2D eigenvalue weighted by atomic mass is 32.2. The number of fused-ring (bicyclic) bond motifs is 3. The molecule has 3 saturated heterocycles. The van der Waals surface area contributed by atoms with Crippen LogP contribution in [0.25, 0.3) is 0 Å². The van der Waals surface area contributed by atoms with Gasteiger partial charge >= 0.3 is 18.2 Å². The van der Waals surface area contributed by atoms with Gasteiger partial charge in [-0.2, -0.15) is 0 Å². The van der Waals surface area contributed by atoms with Crippen molar-refractivity contribution in [1.82, 2.24) is 30.7 Å². The van der Waals surface area contributed by atoms with Crippen LogP contribution in [0, 0.1) is 17.8 Å². The monoisotopic (exact) mass is 752 g/mol. The number of aliphatic carboxylic acids is 1. The van der Waals surface area contributed by atoms with Crippen LogP contribution < -0.4 is 10.6 Å². The van der Waals surface area contributed by atoms with Crippen molar-refractivity contribution in [2.75, 3.05) is 52.9 Å². The summed E-state index contributed by atoms with van der Waals surface area (Å²) >= 11 is 1.68. The average molecular weight is 753 g/mol. The van der Waals surface area contributed by atoms with Gasteiger partial charge in [0.15, 0.2) is 0 Å². The van der Waals surface area contributed by atoms with Gasteiger partial charge in [-0.3, -0.25) is 19.2 Å². The fraction of sp³-hybridized carbons (Fsp3) is 0.788. The Morgan fingerprint density at radius 1 is 0.846 bits per heavy atom. The first-order valence-electron chi connectivity index (χ1n) is 18.2. The molecule has 52 heavy (non-hydrogen) atoms. The molecule has 0 aromatic carbocycles. The summed E-state index contributed by atoms with van der Waals surface area (Å²) in [6.07, 6.45) is 4.89. The number of carboxylic acid groups (broad SMARTS) is 1. The summed E-state index contributed by atoms with van der Waals surface area (Å²) in [5.74, 6) is -0.809. The molecule has 1 aromatic heterocycles. The lowest BCUT2D eigenvalue weighted by Crippen LogP contribution is -2.40. The van der Waals surface area contributed by atoms with Crippen LogP contribution in [-0.4, -0.2) is 131 Å². The van der Waals surface area contributed by atoms with Gasteiger partial charge in [0.1, 0.15) is 5.44 Å². The van der Waals surface area contributed by atoms with Crippen LogP contribution in [0.2, 0.25) is 0 Å². The highest BCUT2D eigenvalue weighted by Gasteiger charge is 2.51. The molecule has 3 N–H and O–H groups in total. The summed E-state index contributed by atoms with van der Waals surface area (Å²) in [4.78, 5) is 62.8. The maximum atomic E-state index is 12.0. The van der Waals surface area contributed by atoms with E-state index in [1.807, 2.05) is 4.68 Å². The smallest absolute Gasteiger partial charge is 0.481 e. The molecular weight excluding hydrogens is 704 g/mol. The molecule has 2 aliphatic carbocycles. The molecule has 4 heterocycles. The van der Waals surface area contributed by atoms with E-state index in [0.29, 0.717) is 76.1 Å². The van der Waals surface area contributed by atoms with E-state index in [2.05, 4.69) is 20.9 Å². The highest BCUT2D eigenvalue weighted by Crippen LogP contribution is 2.53. The fourth-order valence-corrected chi connectivity index (χ4v) is 9.16. The standard InChI is InChI=1S/C33H48N6O12S/c40-26-9-10-27(41)39(26)51-33(45)50-19-22-20-5-7-23-24(8-6-21(20)22)38(37-36-23)11-12-46-13-14-47-15-16-48-17-18-49-31-30-29(34-32(44)35-30)25(52-31)3-1-2-4-28(42)43/h20-22,25,29-31H,1-19H2,(H,42,43)(H2,34,35,44)/t20?,21?,22?,25-,29-,30-,31?/m1/s1. The number of thioether (sulfide) groups is 1. The number of aryl methyl sites for hydroxylation is 1. The van der Waals surface area contributed by atoms with Gasteiger partial charge in [-0.15, -0.1) is 16.9 Å². The molecule has 3 aliphatic heterocycles. The Kier molecular flexibility index (Phi) is 13.6. The van der Waals surface area contributed by atoms with Gasteiger partial charge < -0.3 is 39.4 Å². The Bertz CT molecular complexity index is 1420. The normalized spacial score (nSPS) is 27.7. The number of carbonyl (C=O) groups is 5. The molecule has 7 atom stereocenters. The number of unbranched alkanes of at least 4 members (excludes halogenated alkanes) is 1. The Balaban J connectivity index is 0.773. The number of urea groups is 1. The number of hydroxylamine groups is 2. The largest absolute Gasteiger partial charge is 0.533 e. The molecule has 0 radical (unpaired) electrons. The van der Waals surface area contributed by atoms with Gasteiger partial charge in [0.25, 0.3) is 11.8 Å². The summed E-state index contributed by atoms with van der Waals surface area (Å²) in [7, 11) is 0. The zero-order valence-electron chi connectivity index (χ0n) is 29.1. The summed E-state index contributed by atoms with van der Waals surface area (Å²) in [6, 6.07) is -0.346. The number of hydrogen-bond acceptors (Lipinski definition) is 14. The van der Waals surface area contributed by atoms with Gasteiger partial charge in [-0.1, -0.05) is 16.7 Å². The molecular formula is C33H48N6O12S. The first-order chi connectivity index (χ1) is 25.3. The summed E-state index contributed by atoms with van der Waals surface area (Å²) in [5, 5.41) is 24.2. The average Bonchev–Trinajstić information content (AvgIpc) is 3.46. The minimum Gasteiger partial charge on any atom is -0.481 e. The van der Waals surface area contributed by atoms with Gasteiger partial charge in [-0.05, 0) is 56.3 Å². The van der Waals surface area contributed by atoms with E-state index in [4.69, 9.17) is 33.6 Å². The van der Waals surface area contributed by atoms with Crippen LogP contribution in [0.1, 0.15) is 62.8 Å². The van der Waals surface area contributed by atoms with Crippen molar-refractivity contribution < 1.29 is 57.6 Å². The first-order valence-corrected chi connectivity index (χ1v) is 19.1. The van der Waals surface area contributed by atoms with E-state index in [0.717, 1.165) is 49.9 Å². The molecule has 4 amide bonds. The Morgan fingerprint density at radius 3 is 2.25 bits per heavy atom. The molecule has 19 heteroatoms. The van der Waals surface area contributed by atoms with Crippen LogP contribution >= 0.6 is 11.8 Å². The van der Waals surface area contributed by atoms with Crippen LogP contribution in [0.3, 0.4) is 0 Å². The minimum atomic E-state index is -1.03. The van der Waals surface area contributed by atoms with E-state index < -0.39 is 23.9 Å². The van der Waals surface area contributed by atoms with Gasteiger partial charge in [-0.25, -0.2) is 14.3 Å². The molecule has 288 valence electrons. The molecule has 1 saturated carbocycles. The predicted octanol–water partition coefficient (Wildman–Crippen LogP) is 1.44. The topological polar surface area (TPSA) is 219 Å². The van der Waals surface area contributed by atoms with Crippen molar-refractivity contribution in [3.8, 4) is 0 Å². The third kappa shape index (κ3) is 10.1. The third-order valence-electron chi connectivity index (χ3n) is 10.2. The van der Waals surface area contributed by atoms with Crippen molar-refractivity contribution in [3.63, 3.8) is 0 Å². The second kappa shape index (κ2) is 18.5. The second-order valence-electron chi connectivity index (χ2n) is 13.6. The van der Waals surface area contributed by atoms with E-state index in [9.17, 15) is 24.0 Å². The van der Waals surface area contributed by atoms with E-state index >= 15 is 0 Å². The lowest BCUT2D eigenvalue weighted by atomic mass is 10.0. The van der Waals surface area contributed by atoms with Crippen LogP contribution in [0.15, 0.2) is 0 Å². The number of amides is 4. The second-order valence-corrected chi connectivity index (χ2v) is 14.9. The van der Waals surface area contributed by atoms with Crippen molar-refractivity contribution in [3.05, 3.63) is 11.4 Å². The molecule has 0 spiro atoms. The number of nitrogens with one attached hydrogen (secondary N) is 2. The van der Waals surface area contributed by atoms with Crippen molar-refractivity contribution >= 4 is 41.7 Å². The van der Waals surface area contributed by atoms with Crippen LogP contribution in [0.4, 0.5) is 9.59 Å². The molecule has 1 aromatic rings. The van der Waals surface area contributed by atoms with Gasteiger partial charge in [0.2, 0.25) is 0 Å². The molecule has 4 fully saturated rings. The molecule has 5 aliphatic rings. The Labute approximate surface area is 305 Å². The lowest BCUT2D eigenvalue weighted by Gasteiger charge is -2.17. The highest BCUT2D eigenvalue weighted by molar-refractivity contribution is 8.00. The van der Waals surface area contributed by atoms with E-state index in [1.165, 1.54) is 0 Å². The first kappa shape index (κ1) is 38.2. The maximum Gasteiger partial charge on any atom is 0.533 e. The quantitative estimate of drug-likeness (QED) is 0.0700. The number of nitrogens with zero attached hydrogens (tertiary/aromatic N) is 4. The fourth-order valence-electron chi connectivity index (χ4n) is 7.53. The zero-order valence-corrected chi connectivity index (χ0v) is 29.9. The van der Waals surface area contributed by atoms with E-state index in [-0.39, 0.29) is 60.6 Å². The van der Waals surface area contributed by atoms with E-state index in [1.54, 1.807) is 11.8 Å². The summed E-state index contributed by atoms with van der Waals surface area (Å²) in [5.41, 5.74) is 1.92. The molecule has 6 rings (SSSR count). The van der Waals surface area contributed by atoms with Crippen molar-refractivity contribution in [2.45, 2.75) is 93.5 Å². The van der Waals surface area contributed by atoms with Crippen LogP contribution in [-0.2, 0) is 62.3 Å². The number of ether oxygens (including phenoxy) is 5. The zero-order chi connectivity index (χ0) is 36.5. The molecule has 4 unspecified atom stereocenters. The predicted molar refractivity (Wildman–Crippen MR) is 180 cm³/mol. The third-order valence-corrected chi connectivity index (χ3v) is 11.8. The molecule has 18 nitrogen and oxygen atoms in total. The van der Waals surface area contributed by atoms with Gasteiger partial charge in [0.05, 0.1) is 82.9 Å². The number of carbonyl (C=O) groups excluding carboxylic acids is 4. The minimum absolute atomic E-state index is 0.0293. The number of aromatic nitrogens is 3. The Hall–Kier alpha value is -3.52. The lowest BCUT2D eigenvalue weighted by molar-refractivity contribution is -0.177. The van der Waals surface area contributed by atoms with Crippen LogP contribution in [0.5, 0.6) is 0 Å². The Morgan fingerprint density at radius 2 is 1.52 bits per heavy atom. The number of hydrogen-bond donors (Lipinski definition) is 3. The maximum absolute atomic E-state index is 12.0. The number of carboxylic acids is 1. The molecule has 0 bridgehead atoms. The summed E-state index contributed by atoms with van der Waals surface area (Å²) < 4.78 is 30.2.